The zero-order valence-electron chi connectivity index (χ0n) is 14.1. The largest absolute Gasteiger partial charge is 0.351 e. The van der Waals surface area contributed by atoms with Crippen molar-refractivity contribution < 1.29 is 4.79 Å². The lowest BCUT2D eigenvalue weighted by Gasteiger charge is -2.35. The molecule has 22 heavy (non-hydrogen) atoms. The molecular formula is C18H29N3O. The van der Waals surface area contributed by atoms with Crippen LogP contribution in [0.15, 0.2) is 24.3 Å². The van der Waals surface area contributed by atoms with E-state index in [-0.39, 0.29) is 5.91 Å². The first kappa shape index (κ1) is 17.0. The van der Waals surface area contributed by atoms with Gasteiger partial charge in [0.05, 0.1) is 6.54 Å². The van der Waals surface area contributed by atoms with Gasteiger partial charge in [0.15, 0.2) is 0 Å². The summed E-state index contributed by atoms with van der Waals surface area (Å²) in [4.78, 5) is 16.8. The highest BCUT2D eigenvalue weighted by atomic mass is 16.2. The molecule has 1 aliphatic heterocycles. The summed E-state index contributed by atoms with van der Waals surface area (Å²) in [6.07, 6.45) is 0. The maximum absolute atomic E-state index is 12.1. The fourth-order valence-corrected chi connectivity index (χ4v) is 2.91. The molecule has 2 rings (SSSR count). The Hall–Kier alpha value is -1.39. The van der Waals surface area contributed by atoms with Gasteiger partial charge >= 0.3 is 0 Å². The van der Waals surface area contributed by atoms with Crippen molar-refractivity contribution in [3.05, 3.63) is 35.4 Å². The standard InChI is InChI=1S/C18H29N3O/c1-15(2)13-20-8-10-21(11-9-20)14-18(22)19-12-17-7-5-4-6-16(17)3/h4-7,15H,8-14H2,1-3H3,(H,19,22). The SMILES string of the molecule is Cc1ccccc1CNC(=O)CN1CCN(CC(C)C)CC1. The zero-order valence-corrected chi connectivity index (χ0v) is 14.1. The lowest BCUT2D eigenvalue weighted by atomic mass is 10.1. The summed E-state index contributed by atoms with van der Waals surface area (Å²) >= 11 is 0. The molecule has 0 radical (unpaired) electrons. The molecule has 0 aliphatic carbocycles. The molecule has 4 nitrogen and oxygen atoms in total. The highest BCUT2D eigenvalue weighted by Crippen LogP contribution is 2.07. The summed E-state index contributed by atoms with van der Waals surface area (Å²) in [5, 5.41) is 3.04. The first-order chi connectivity index (χ1) is 10.5. The Balaban J connectivity index is 1.69. The molecule has 0 unspecified atom stereocenters. The Kier molecular flexibility index (Phi) is 6.40. The monoisotopic (exact) mass is 303 g/mol. The summed E-state index contributed by atoms with van der Waals surface area (Å²) in [5.41, 5.74) is 2.42. The van der Waals surface area contributed by atoms with Crippen molar-refractivity contribution in [1.29, 1.82) is 0 Å². The van der Waals surface area contributed by atoms with Crippen LogP contribution in [0.3, 0.4) is 0 Å². The molecule has 0 aromatic heterocycles. The van der Waals surface area contributed by atoms with E-state index in [9.17, 15) is 4.79 Å². The lowest BCUT2D eigenvalue weighted by Crippen LogP contribution is -2.50. The minimum Gasteiger partial charge on any atom is -0.351 e. The fraction of sp³-hybridized carbons (Fsp3) is 0.611. The van der Waals surface area contributed by atoms with Crippen molar-refractivity contribution in [3.63, 3.8) is 0 Å². The van der Waals surface area contributed by atoms with Crippen LogP contribution in [0.2, 0.25) is 0 Å². The van der Waals surface area contributed by atoms with Gasteiger partial charge in [-0.15, -0.1) is 0 Å². The molecule has 1 heterocycles. The van der Waals surface area contributed by atoms with E-state index in [1.165, 1.54) is 11.1 Å². The average Bonchev–Trinajstić information content (AvgIpc) is 2.48. The van der Waals surface area contributed by atoms with Crippen LogP contribution in [0.1, 0.15) is 25.0 Å². The molecule has 1 aliphatic rings. The first-order valence-electron chi connectivity index (χ1n) is 8.30. The number of nitrogens with one attached hydrogen (secondary N) is 1. The first-order valence-corrected chi connectivity index (χ1v) is 8.30. The molecule has 1 aromatic carbocycles. The van der Waals surface area contributed by atoms with Gasteiger partial charge in [-0.2, -0.15) is 0 Å². The Morgan fingerprint density at radius 2 is 1.77 bits per heavy atom. The quantitative estimate of drug-likeness (QED) is 0.872. The number of nitrogens with zero attached hydrogens (tertiary/aromatic N) is 2. The molecule has 0 spiro atoms. The van der Waals surface area contributed by atoms with Gasteiger partial charge in [0.25, 0.3) is 0 Å². The Morgan fingerprint density at radius 1 is 1.14 bits per heavy atom. The number of amides is 1. The van der Waals surface area contributed by atoms with E-state index in [2.05, 4.69) is 48.0 Å². The molecule has 0 bridgehead atoms. The summed E-state index contributed by atoms with van der Waals surface area (Å²) in [5.74, 6) is 0.838. The van der Waals surface area contributed by atoms with Crippen molar-refractivity contribution in [3.8, 4) is 0 Å². The van der Waals surface area contributed by atoms with Crippen LogP contribution >= 0.6 is 0 Å². The molecule has 1 N–H and O–H groups in total. The Labute approximate surface area is 134 Å². The van der Waals surface area contributed by atoms with E-state index in [4.69, 9.17) is 0 Å². The highest BCUT2D eigenvalue weighted by Gasteiger charge is 2.19. The Morgan fingerprint density at radius 3 is 2.41 bits per heavy atom. The third kappa shape index (κ3) is 5.43. The van der Waals surface area contributed by atoms with E-state index in [0.29, 0.717) is 19.0 Å². The van der Waals surface area contributed by atoms with Crippen LogP contribution in [0.25, 0.3) is 0 Å². The molecule has 1 aromatic rings. The number of benzene rings is 1. The number of carbonyl (C=O) groups excluding carboxylic acids is 1. The maximum Gasteiger partial charge on any atom is 0.234 e. The van der Waals surface area contributed by atoms with Crippen molar-refractivity contribution in [1.82, 2.24) is 15.1 Å². The van der Waals surface area contributed by atoms with E-state index in [0.717, 1.165) is 32.7 Å². The second-order valence-electron chi connectivity index (χ2n) is 6.67. The highest BCUT2D eigenvalue weighted by molar-refractivity contribution is 5.78. The predicted molar refractivity (Wildman–Crippen MR) is 90.7 cm³/mol. The summed E-state index contributed by atoms with van der Waals surface area (Å²) < 4.78 is 0. The molecule has 0 saturated carbocycles. The molecule has 0 atom stereocenters. The topological polar surface area (TPSA) is 35.6 Å². The van der Waals surface area contributed by atoms with Gasteiger partial charge in [-0.25, -0.2) is 0 Å². The van der Waals surface area contributed by atoms with Crippen LogP contribution in [0, 0.1) is 12.8 Å². The third-order valence-corrected chi connectivity index (χ3v) is 4.19. The van der Waals surface area contributed by atoms with Crippen molar-refractivity contribution in [2.45, 2.75) is 27.3 Å². The van der Waals surface area contributed by atoms with E-state index in [1.807, 2.05) is 12.1 Å². The van der Waals surface area contributed by atoms with Gasteiger partial charge < -0.3 is 10.2 Å². The van der Waals surface area contributed by atoms with Gasteiger partial charge in [-0.05, 0) is 24.0 Å². The molecule has 1 amide bonds. The predicted octanol–water partition coefficient (Wildman–Crippen LogP) is 1.88. The van der Waals surface area contributed by atoms with E-state index in [1.54, 1.807) is 0 Å². The van der Waals surface area contributed by atoms with Gasteiger partial charge in [0.1, 0.15) is 0 Å². The number of hydrogen-bond donors (Lipinski definition) is 1. The van der Waals surface area contributed by atoms with Crippen LogP contribution in [0.4, 0.5) is 0 Å². The number of hydrogen-bond acceptors (Lipinski definition) is 3. The second kappa shape index (κ2) is 8.30. The molecule has 1 saturated heterocycles. The summed E-state index contributed by atoms with van der Waals surface area (Å²) in [6, 6.07) is 8.19. The molecule has 1 fully saturated rings. The minimum atomic E-state index is 0.126. The van der Waals surface area contributed by atoms with E-state index < -0.39 is 0 Å². The van der Waals surface area contributed by atoms with Crippen molar-refractivity contribution in [2.75, 3.05) is 39.3 Å². The molecular weight excluding hydrogens is 274 g/mol. The van der Waals surface area contributed by atoms with Gasteiger partial charge in [-0.3, -0.25) is 9.69 Å². The van der Waals surface area contributed by atoms with Gasteiger partial charge in [0.2, 0.25) is 5.91 Å². The maximum atomic E-state index is 12.1. The zero-order chi connectivity index (χ0) is 15.9. The van der Waals surface area contributed by atoms with Crippen molar-refractivity contribution in [2.24, 2.45) is 5.92 Å². The van der Waals surface area contributed by atoms with Crippen molar-refractivity contribution >= 4 is 5.91 Å². The minimum absolute atomic E-state index is 0.126. The van der Waals surface area contributed by atoms with E-state index >= 15 is 0 Å². The normalized spacial score (nSPS) is 16.9. The third-order valence-electron chi connectivity index (χ3n) is 4.19. The fourth-order valence-electron chi connectivity index (χ4n) is 2.91. The smallest absolute Gasteiger partial charge is 0.234 e. The number of aryl methyl sites for hydroxylation is 1. The van der Waals surface area contributed by atoms with Crippen LogP contribution in [-0.4, -0.2) is 55.0 Å². The average molecular weight is 303 g/mol. The molecule has 4 heteroatoms. The van der Waals surface area contributed by atoms with Crippen LogP contribution < -0.4 is 5.32 Å². The lowest BCUT2D eigenvalue weighted by molar-refractivity contribution is -0.122. The second-order valence-corrected chi connectivity index (χ2v) is 6.67. The molecule has 122 valence electrons. The van der Waals surface area contributed by atoms with Gasteiger partial charge in [-0.1, -0.05) is 38.1 Å². The number of rotatable bonds is 6. The van der Waals surface area contributed by atoms with Crippen LogP contribution in [-0.2, 0) is 11.3 Å². The van der Waals surface area contributed by atoms with Gasteiger partial charge in [0, 0.05) is 39.3 Å². The summed E-state index contributed by atoms with van der Waals surface area (Å²) in [6.45, 7) is 13.0. The number of carbonyl (C=O) groups is 1. The Bertz CT molecular complexity index is 479. The van der Waals surface area contributed by atoms with Crippen LogP contribution in [0.5, 0.6) is 0 Å². The number of piperazine rings is 1. The summed E-state index contributed by atoms with van der Waals surface area (Å²) in [7, 11) is 0.